The summed E-state index contributed by atoms with van der Waals surface area (Å²) in [5.41, 5.74) is 0.618. The van der Waals surface area contributed by atoms with E-state index in [0.29, 0.717) is 18.8 Å². The van der Waals surface area contributed by atoms with Crippen molar-refractivity contribution in [3.8, 4) is 5.75 Å². The van der Waals surface area contributed by atoms with Gasteiger partial charge in [-0.2, -0.15) is 0 Å². The lowest BCUT2D eigenvalue weighted by Crippen LogP contribution is -2.28. The summed E-state index contributed by atoms with van der Waals surface area (Å²) in [4.78, 5) is 1.97. The molecule has 4 heteroatoms. The lowest BCUT2D eigenvalue weighted by molar-refractivity contribution is 0.323. The summed E-state index contributed by atoms with van der Waals surface area (Å²) in [5.74, 6) is 0.612. The van der Waals surface area contributed by atoms with Crippen molar-refractivity contribution in [2.75, 3.05) is 24.6 Å². The molecule has 2 aromatic rings. The fourth-order valence-electron chi connectivity index (χ4n) is 1.99. The van der Waals surface area contributed by atoms with Gasteiger partial charge in [-0.1, -0.05) is 34.1 Å². The number of nitrogens with zero attached hydrogens (tertiary/aromatic N) is 1. The molecule has 20 heavy (non-hydrogen) atoms. The van der Waals surface area contributed by atoms with Crippen LogP contribution in [0.25, 0.3) is 0 Å². The summed E-state index contributed by atoms with van der Waals surface area (Å²) in [5, 5.41) is 0. The van der Waals surface area contributed by atoms with E-state index in [0.717, 1.165) is 16.8 Å². The average Bonchev–Trinajstić information content (AvgIpc) is 2.45. The van der Waals surface area contributed by atoms with Crippen molar-refractivity contribution in [2.45, 2.75) is 6.92 Å². The van der Waals surface area contributed by atoms with E-state index in [2.05, 4.69) is 15.9 Å². The second-order valence-electron chi connectivity index (χ2n) is 4.34. The third kappa shape index (κ3) is 3.97. The number of halogens is 2. The van der Waals surface area contributed by atoms with Crippen LogP contribution in [0, 0.1) is 5.82 Å². The van der Waals surface area contributed by atoms with Crippen molar-refractivity contribution in [2.24, 2.45) is 0 Å². The van der Waals surface area contributed by atoms with Gasteiger partial charge in [0.25, 0.3) is 0 Å². The van der Waals surface area contributed by atoms with E-state index in [1.807, 2.05) is 42.2 Å². The van der Waals surface area contributed by atoms with Crippen LogP contribution in [0.2, 0.25) is 0 Å². The lowest BCUT2D eigenvalue weighted by Gasteiger charge is -2.23. The molecule has 0 aliphatic heterocycles. The molecule has 0 bridgehead atoms. The minimum atomic E-state index is -0.197. The first-order valence-electron chi connectivity index (χ1n) is 6.58. The van der Waals surface area contributed by atoms with Gasteiger partial charge in [0.2, 0.25) is 0 Å². The van der Waals surface area contributed by atoms with Gasteiger partial charge in [0.1, 0.15) is 18.2 Å². The van der Waals surface area contributed by atoms with E-state index in [1.165, 1.54) is 6.07 Å². The predicted octanol–water partition coefficient (Wildman–Crippen LogP) is 4.49. The van der Waals surface area contributed by atoms with Crippen LogP contribution in [-0.2, 0) is 0 Å². The zero-order chi connectivity index (χ0) is 14.4. The quantitative estimate of drug-likeness (QED) is 0.769. The summed E-state index contributed by atoms with van der Waals surface area (Å²) < 4.78 is 20.4. The predicted molar refractivity (Wildman–Crippen MR) is 83.9 cm³/mol. The van der Waals surface area contributed by atoms with Gasteiger partial charge in [-0.15, -0.1) is 0 Å². The topological polar surface area (TPSA) is 12.5 Å². The Morgan fingerprint density at radius 3 is 2.65 bits per heavy atom. The van der Waals surface area contributed by atoms with Crippen LogP contribution in [0.4, 0.5) is 10.1 Å². The van der Waals surface area contributed by atoms with Crippen LogP contribution in [0.15, 0.2) is 53.0 Å². The summed E-state index contributed by atoms with van der Waals surface area (Å²) in [6, 6.07) is 14.5. The molecule has 0 heterocycles. The summed E-state index contributed by atoms with van der Waals surface area (Å²) >= 11 is 3.40. The Labute approximate surface area is 127 Å². The molecule has 0 radical (unpaired) electrons. The van der Waals surface area contributed by atoms with Crippen LogP contribution in [0.1, 0.15) is 6.92 Å². The number of benzene rings is 2. The molecule has 0 saturated carbocycles. The van der Waals surface area contributed by atoms with Crippen LogP contribution in [-0.4, -0.2) is 19.7 Å². The molecule has 0 atom stereocenters. The summed E-state index contributed by atoms with van der Waals surface area (Å²) in [6.07, 6.45) is 0. The molecule has 0 fully saturated rings. The molecule has 0 aromatic heterocycles. The Morgan fingerprint density at radius 2 is 1.95 bits per heavy atom. The molecule has 0 saturated heterocycles. The van der Waals surface area contributed by atoms with E-state index in [9.17, 15) is 4.39 Å². The molecule has 0 aliphatic carbocycles. The van der Waals surface area contributed by atoms with E-state index in [4.69, 9.17) is 4.74 Å². The first kappa shape index (κ1) is 14.9. The van der Waals surface area contributed by atoms with Crippen LogP contribution >= 0.6 is 15.9 Å². The zero-order valence-corrected chi connectivity index (χ0v) is 12.9. The first-order chi connectivity index (χ1) is 9.70. The monoisotopic (exact) mass is 337 g/mol. The van der Waals surface area contributed by atoms with Gasteiger partial charge in [-0.05, 0) is 37.3 Å². The SMILES string of the molecule is CCN(CCOc1cccc(Br)c1)c1ccccc1F. The van der Waals surface area contributed by atoms with Gasteiger partial charge in [0, 0.05) is 11.0 Å². The normalized spacial score (nSPS) is 10.3. The van der Waals surface area contributed by atoms with E-state index in [1.54, 1.807) is 12.1 Å². The highest BCUT2D eigenvalue weighted by atomic mass is 79.9. The van der Waals surface area contributed by atoms with E-state index >= 15 is 0 Å². The fraction of sp³-hybridized carbons (Fsp3) is 0.250. The first-order valence-corrected chi connectivity index (χ1v) is 7.38. The number of rotatable bonds is 6. The molecule has 0 unspecified atom stereocenters. The summed E-state index contributed by atoms with van der Waals surface area (Å²) in [6.45, 7) is 3.90. The van der Waals surface area contributed by atoms with Crippen LogP contribution in [0.5, 0.6) is 5.75 Å². The maximum atomic E-state index is 13.7. The molecule has 0 N–H and O–H groups in total. The molecule has 2 rings (SSSR count). The van der Waals surface area contributed by atoms with Crippen molar-refractivity contribution in [1.82, 2.24) is 0 Å². The molecule has 2 aromatic carbocycles. The Bertz CT molecular complexity index is 562. The van der Waals surface area contributed by atoms with Crippen molar-refractivity contribution in [3.63, 3.8) is 0 Å². The van der Waals surface area contributed by atoms with Crippen molar-refractivity contribution >= 4 is 21.6 Å². The number of hydrogen-bond acceptors (Lipinski definition) is 2. The molecule has 0 aliphatic rings. The largest absolute Gasteiger partial charge is 0.492 e. The van der Waals surface area contributed by atoms with Gasteiger partial charge in [0.15, 0.2) is 0 Å². The molecular formula is C16H17BrFNO. The molecule has 0 spiro atoms. The average molecular weight is 338 g/mol. The highest BCUT2D eigenvalue weighted by molar-refractivity contribution is 9.10. The fourth-order valence-corrected chi connectivity index (χ4v) is 2.37. The van der Waals surface area contributed by atoms with Gasteiger partial charge < -0.3 is 9.64 Å². The van der Waals surface area contributed by atoms with E-state index < -0.39 is 0 Å². The number of para-hydroxylation sites is 1. The van der Waals surface area contributed by atoms with Crippen molar-refractivity contribution < 1.29 is 9.13 Å². The smallest absolute Gasteiger partial charge is 0.146 e. The van der Waals surface area contributed by atoms with Gasteiger partial charge >= 0.3 is 0 Å². The third-order valence-corrected chi connectivity index (χ3v) is 3.49. The summed E-state index contributed by atoms with van der Waals surface area (Å²) in [7, 11) is 0. The highest BCUT2D eigenvalue weighted by Crippen LogP contribution is 2.20. The molecule has 2 nitrogen and oxygen atoms in total. The Kier molecular flexibility index (Phi) is 5.41. The number of ether oxygens (including phenoxy) is 1. The second-order valence-corrected chi connectivity index (χ2v) is 5.25. The van der Waals surface area contributed by atoms with Gasteiger partial charge in [-0.3, -0.25) is 0 Å². The Morgan fingerprint density at radius 1 is 1.15 bits per heavy atom. The Hall–Kier alpha value is -1.55. The minimum absolute atomic E-state index is 0.197. The Balaban J connectivity index is 1.93. The number of anilines is 1. The van der Waals surface area contributed by atoms with Crippen LogP contribution < -0.4 is 9.64 Å². The maximum Gasteiger partial charge on any atom is 0.146 e. The lowest BCUT2D eigenvalue weighted by atomic mass is 10.2. The molecular weight excluding hydrogens is 321 g/mol. The van der Waals surface area contributed by atoms with Crippen molar-refractivity contribution in [1.29, 1.82) is 0 Å². The third-order valence-electron chi connectivity index (χ3n) is 3.00. The van der Waals surface area contributed by atoms with Crippen LogP contribution in [0.3, 0.4) is 0 Å². The van der Waals surface area contributed by atoms with Gasteiger partial charge in [0.05, 0.1) is 12.2 Å². The minimum Gasteiger partial charge on any atom is -0.492 e. The van der Waals surface area contributed by atoms with Gasteiger partial charge in [-0.25, -0.2) is 4.39 Å². The molecule has 0 amide bonds. The molecule has 106 valence electrons. The van der Waals surface area contributed by atoms with E-state index in [-0.39, 0.29) is 5.82 Å². The standard InChI is InChI=1S/C16H17BrFNO/c1-2-19(16-9-4-3-8-15(16)18)10-11-20-14-7-5-6-13(17)12-14/h3-9,12H,2,10-11H2,1H3. The second kappa shape index (κ2) is 7.29. The number of likely N-dealkylation sites (N-methyl/N-ethyl adjacent to an activating group) is 1. The zero-order valence-electron chi connectivity index (χ0n) is 11.4. The number of hydrogen-bond donors (Lipinski definition) is 0. The maximum absolute atomic E-state index is 13.7. The van der Waals surface area contributed by atoms with Crippen molar-refractivity contribution in [3.05, 3.63) is 58.8 Å². The highest BCUT2D eigenvalue weighted by Gasteiger charge is 2.09.